The van der Waals surface area contributed by atoms with Crippen molar-refractivity contribution in [2.45, 2.75) is 105 Å². The molecule has 2 aliphatic rings. The molecule has 0 bridgehead atoms. The first kappa shape index (κ1) is 56.9. The summed E-state index contributed by atoms with van der Waals surface area (Å²) in [7, 11) is 0. The van der Waals surface area contributed by atoms with E-state index in [1.54, 1.807) is 4.57 Å². The van der Waals surface area contributed by atoms with Crippen LogP contribution in [0.2, 0.25) is 0 Å². The molecule has 7 heteroatoms. The van der Waals surface area contributed by atoms with Gasteiger partial charge in [0.25, 0.3) is 6.71 Å². The fraction of sp³-hybridized carbons (Fsp3) is 0.165. The van der Waals surface area contributed by atoms with Crippen molar-refractivity contribution in [1.82, 2.24) is 19.5 Å². The molecule has 0 unspecified atom stereocenters. The molecule has 0 saturated heterocycles. The van der Waals surface area contributed by atoms with Crippen molar-refractivity contribution in [1.29, 1.82) is 0 Å². The van der Waals surface area contributed by atoms with Gasteiger partial charge in [-0.3, -0.25) is 0 Å². The molecule has 4 heterocycles. The SMILES string of the molecule is [2H]c1c([2H])c([2H])c2c(c1[2H])c1c([2H])c([2H])c([2H])c([2H])c1n2-c1ccc2c(c1)N(c1ccc(-c3ccccc3)cc1-c1ccccc1)c1cc(C(C)(C)C)cc3c1B2c1ccc(-c2cc(C(C)(C)C)cc(C(C)(C)C)c2)cc1N3c1c(-c2ccccc2)cc(C(C)(C)C)cc1-c1nc(-c2ccccc2)nc(-c2ccccc2)n1. The Kier molecular flexibility index (Phi) is 13.7. The fourth-order valence-corrected chi connectivity index (χ4v) is 15.2. The van der Waals surface area contributed by atoms with Gasteiger partial charge in [-0.1, -0.05) is 313 Å². The molecule has 0 N–H and O–H groups in total. The Morgan fingerprint density at radius 3 is 1.24 bits per heavy atom. The van der Waals surface area contributed by atoms with Crippen molar-refractivity contribution in [3.63, 3.8) is 0 Å². The maximum Gasteiger partial charge on any atom is 0.252 e. The van der Waals surface area contributed by atoms with Crippen LogP contribution in [0.25, 0.3) is 106 Å². The first-order valence-electron chi connectivity index (χ1n) is 40.0. The summed E-state index contributed by atoms with van der Waals surface area (Å²) in [6.07, 6.45) is 0. The molecule has 0 spiro atoms. The summed E-state index contributed by atoms with van der Waals surface area (Å²) in [5, 5.41) is 0.00838. The van der Waals surface area contributed by atoms with Gasteiger partial charge in [-0.05, 0) is 160 Å². The number of aromatic nitrogens is 4. The third-order valence-electron chi connectivity index (χ3n) is 20.9. The molecule has 6 nitrogen and oxygen atoms in total. The summed E-state index contributed by atoms with van der Waals surface area (Å²) in [6, 6.07) is 84.8. The molecule has 17 rings (SSSR count). The zero-order valence-corrected chi connectivity index (χ0v) is 60.9. The molecule has 0 aliphatic carbocycles. The Hall–Kier alpha value is -11.7. The van der Waals surface area contributed by atoms with Crippen LogP contribution in [0.4, 0.5) is 34.1 Å². The Labute approximate surface area is 624 Å². The fourth-order valence-electron chi connectivity index (χ4n) is 15.2. The third kappa shape index (κ3) is 11.6. The van der Waals surface area contributed by atoms with E-state index in [2.05, 4.69) is 287 Å². The first-order chi connectivity index (χ1) is 53.4. The van der Waals surface area contributed by atoms with E-state index in [-0.39, 0.29) is 44.7 Å². The Morgan fingerprint density at radius 1 is 0.298 bits per heavy atom. The van der Waals surface area contributed by atoms with Gasteiger partial charge in [0.05, 0.1) is 33.4 Å². The summed E-state index contributed by atoms with van der Waals surface area (Å²) in [4.78, 5) is 21.6. The Bertz CT molecular complexity index is 6170. The van der Waals surface area contributed by atoms with Crippen LogP contribution in [0.15, 0.2) is 297 Å². The highest BCUT2D eigenvalue weighted by molar-refractivity contribution is 7.00. The van der Waals surface area contributed by atoms with Crippen molar-refractivity contribution in [3.05, 3.63) is 319 Å². The monoisotopic (exact) mass is 1350 g/mol. The van der Waals surface area contributed by atoms with Crippen LogP contribution in [-0.4, -0.2) is 26.2 Å². The molecule has 0 amide bonds. The Morgan fingerprint density at radius 2 is 0.712 bits per heavy atom. The second kappa shape index (κ2) is 25.1. The van der Waals surface area contributed by atoms with Crippen LogP contribution in [0.5, 0.6) is 0 Å². The second-order valence-electron chi connectivity index (χ2n) is 31.9. The lowest BCUT2D eigenvalue weighted by molar-refractivity contribution is 0.569. The van der Waals surface area contributed by atoms with Crippen LogP contribution >= 0.6 is 0 Å². The van der Waals surface area contributed by atoms with E-state index in [1.165, 1.54) is 11.1 Å². The number of hydrogen-bond donors (Lipinski definition) is 0. The predicted molar refractivity (Wildman–Crippen MR) is 441 cm³/mol. The smallest absolute Gasteiger partial charge is 0.252 e. The van der Waals surface area contributed by atoms with E-state index in [9.17, 15) is 8.22 Å². The summed E-state index contributed by atoms with van der Waals surface area (Å²) in [5.41, 5.74) is 22.3. The molecular weight excluding hydrogens is 1260 g/mol. The summed E-state index contributed by atoms with van der Waals surface area (Å²) >= 11 is 0. The van der Waals surface area contributed by atoms with Crippen LogP contribution in [0, 0.1) is 0 Å². The topological polar surface area (TPSA) is 50.1 Å². The molecule has 0 atom stereocenters. The van der Waals surface area contributed by atoms with Crippen molar-refractivity contribution >= 4 is 79.0 Å². The van der Waals surface area contributed by atoms with E-state index in [1.807, 2.05) is 54.6 Å². The quantitative estimate of drug-likeness (QED) is 0.128. The highest BCUT2D eigenvalue weighted by atomic mass is 15.2. The molecular formula is C97H85BN6. The minimum absolute atomic E-state index is 0.00419. The van der Waals surface area contributed by atoms with Gasteiger partial charge in [-0.15, -0.1) is 0 Å². The molecule has 0 radical (unpaired) electrons. The maximum atomic E-state index is 9.81. The molecule has 15 aromatic rings. The van der Waals surface area contributed by atoms with Crippen LogP contribution in [0.3, 0.4) is 0 Å². The number of anilines is 6. The molecule has 2 aliphatic heterocycles. The van der Waals surface area contributed by atoms with Gasteiger partial charge in [0.15, 0.2) is 17.5 Å². The average Bonchev–Trinajstić information content (AvgIpc) is 0.716. The number of rotatable bonds is 10. The van der Waals surface area contributed by atoms with E-state index < -0.39 is 53.8 Å². The zero-order chi connectivity index (χ0) is 78.5. The molecule has 2 aromatic heterocycles. The van der Waals surface area contributed by atoms with Gasteiger partial charge in [0.1, 0.15) is 0 Å². The number of benzene rings is 13. The third-order valence-corrected chi connectivity index (χ3v) is 20.9. The van der Waals surface area contributed by atoms with Gasteiger partial charge in [-0.25, -0.2) is 15.0 Å². The van der Waals surface area contributed by atoms with Gasteiger partial charge in [-0.2, -0.15) is 0 Å². The Balaban J connectivity index is 1.07. The molecule has 0 fully saturated rings. The number of para-hydroxylation sites is 2. The van der Waals surface area contributed by atoms with E-state index in [0.29, 0.717) is 23.2 Å². The lowest BCUT2D eigenvalue weighted by Gasteiger charge is -2.46. The largest absolute Gasteiger partial charge is 0.311 e. The second-order valence-corrected chi connectivity index (χ2v) is 31.9. The average molecular weight is 1350 g/mol. The minimum Gasteiger partial charge on any atom is -0.311 e. The maximum absolute atomic E-state index is 9.81. The number of nitrogens with zero attached hydrogens (tertiary/aromatic N) is 6. The highest BCUT2D eigenvalue weighted by Gasteiger charge is 2.46. The van der Waals surface area contributed by atoms with Gasteiger partial charge in [0, 0.05) is 67.0 Å². The van der Waals surface area contributed by atoms with Gasteiger partial charge < -0.3 is 14.4 Å². The summed E-state index contributed by atoms with van der Waals surface area (Å²) in [5.74, 6) is 1.55. The zero-order valence-electron chi connectivity index (χ0n) is 68.9. The van der Waals surface area contributed by atoms with E-state index >= 15 is 0 Å². The summed E-state index contributed by atoms with van der Waals surface area (Å²) < 4.78 is 77.0. The van der Waals surface area contributed by atoms with Crippen molar-refractivity contribution in [2.75, 3.05) is 9.80 Å². The van der Waals surface area contributed by atoms with E-state index in [0.717, 1.165) is 123 Å². The molecule has 104 heavy (non-hydrogen) atoms. The number of fused-ring (bicyclic) bond motifs is 7. The molecule has 13 aromatic carbocycles. The van der Waals surface area contributed by atoms with Gasteiger partial charge in [0.2, 0.25) is 0 Å². The van der Waals surface area contributed by atoms with Crippen LogP contribution in [0.1, 0.15) is 116 Å². The molecule has 506 valence electrons. The summed E-state index contributed by atoms with van der Waals surface area (Å²) in [6.45, 7) is 26.8. The first-order valence-corrected chi connectivity index (χ1v) is 36.0. The van der Waals surface area contributed by atoms with E-state index in [4.69, 9.17) is 17.7 Å². The highest BCUT2D eigenvalue weighted by Crippen LogP contribution is 2.54. The standard InChI is InChI=1S/C97H85BN6/c1-94(2,3)70-52-69(53-71(56-70)95(4,5)6)68-46-49-80-85(55-68)104(90-78(64-36-22-15-23-37-64)57-72(96(7,8)9)58-79(90)93-100-91(65-38-24-16-25-39-65)99-92(101-93)66-40-26-17-27-41-66)88-60-73(97(10,11)12)59-87-89(88)98(80)81-50-48-74(102-82-44-30-28-42-75(82)76-43-29-31-45-83(76)102)61-86(81)103(87)84-51-47-67(62-32-18-13-19-33-62)54-77(84)63-34-20-14-21-35-63/h13-61H,1-12H3/i28D,29D,30D,31D,42D,43D,44D,45D. The van der Waals surface area contributed by atoms with Gasteiger partial charge >= 0.3 is 0 Å². The minimum atomic E-state index is -0.522. The lowest BCUT2D eigenvalue weighted by atomic mass is 9.33. The predicted octanol–water partition coefficient (Wildman–Crippen LogP) is 23.9. The van der Waals surface area contributed by atoms with Crippen molar-refractivity contribution in [2.24, 2.45) is 0 Å². The van der Waals surface area contributed by atoms with Crippen LogP contribution in [-0.2, 0) is 21.7 Å². The van der Waals surface area contributed by atoms with Crippen LogP contribution < -0.4 is 26.2 Å². The normalized spacial score (nSPS) is 14.0. The van der Waals surface area contributed by atoms with Crippen molar-refractivity contribution in [3.8, 4) is 84.4 Å². The van der Waals surface area contributed by atoms with Crippen molar-refractivity contribution < 1.29 is 11.0 Å². The molecule has 0 saturated carbocycles. The lowest BCUT2D eigenvalue weighted by Crippen LogP contribution is -2.61. The number of hydrogen-bond acceptors (Lipinski definition) is 5.